The summed E-state index contributed by atoms with van der Waals surface area (Å²) in [7, 11) is 0. The molecule has 0 unspecified atom stereocenters. The molecule has 2 nitrogen and oxygen atoms in total. The van der Waals surface area contributed by atoms with Crippen molar-refractivity contribution in [3.8, 4) is 0 Å². The molecule has 0 amide bonds. The molecule has 58 valence electrons. The van der Waals surface area contributed by atoms with Crippen LogP contribution in [0.4, 0.5) is 0 Å². The Bertz CT molecular complexity index is 353. The van der Waals surface area contributed by atoms with E-state index in [1.165, 1.54) is 0 Å². The van der Waals surface area contributed by atoms with E-state index in [1.54, 1.807) is 24.3 Å². The van der Waals surface area contributed by atoms with Crippen molar-refractivity contribution in [3.63, 3.8) is 0 Å². The maximum atomic E-state index is 11.2. The van der Waals surface area contributed by atoms with Gasteiger partial charge in [0.2, 0.25) is 0 Å². The number of rotatable bonds is 0. The highest BCUT2D eigenvalue weighted by atomic mass is 16.1. The second-order valence-corrected chi connectivity index (χ2v) is 2.69. The van der Waals surface area contributed by atoms with Gasteiger partial charge in [0.15, 0.2) is 11.6 Å². The number of fused-ring (bicyclic) bond motifs is 1. The van der Waals surface area contributed by atoms with Crippen molar-refractivity contribution in [2.45, 2.75) is 6.42 Å². The third kappa shape index (κ3) is 1.05. The van der Waals surface area contributed by atoms with E-state index in [0.717, 1.165) is 0 Å². The monoisotopic (exact) mass is 158 g/mol. The Kier molecular flexibility index (Phi) is 1.54. The van der Waals surface area contributed by atoms with E-state index in [1.807, 2.05) is 0 Å². The molecule has 0 heterocycles. The van der Waals surface area contributed by atoms with Crippen LogP contribution in [0.2, 0.25) is 0 Å². The van der Waals surface area contributed by atoms with Crippen LogP contribution in [0, 0.1) is 6.42 Å². The van der Waals surface area contributed by atoms with E-state index in [0.29, 0.717) is 11.1 Å². The molecule has 2 rings (SSSR count). The number of hydrogen-bond acceptors (Lipinski definition) is 2. The van der Waals surface area contributed by atoms with Crippen molar-refractivity contribution in [1.29, 1.82) is 0 Å². The van der Waals surface area contributed by atoms with Gasteiger partial charge in [-0.1, -0.05) is 24.3 Å². The molecule has 12 heavy (non-hydrogen) atoms. The molecule has 0 N–H and O–H groups in total. The molecule has 0 aromatic heterocycles. The van der Waals surface area contributed by atoms with Gasteiger partial charge in [0, 0.05) is 5.56 Å². The second kappa shape index (κ2) is 2.55. The Morgan fingerprint density at radius 3 is 2.75 bits per heavy atom. The van der Waals surface area contributed by atoms with Crippen molar-refractivity contribution in [1.82, 2.24) is 0 Å². The van der Waals surface area contributed by atoms with E-state index in [4.69, 9.17) is 0 Å². The number of ketones is 2. The normalized spacial score (nSPS) is 16.0. The number of benzene rings is 1. The number of hydrogen-bond donors (Lipinski definition) is 0. The van der Waals surface area contributed by atoms with E-state index in [-0.39, 0.29) is 18.0 Å². The van der Waals surface area contributed by atoms with Crippen molar-refractivity contribution >= 4 is 11.6 Å². The second-order valence-electron chi connectivity index (χ2n) is 2.69. The molecular formula is C10H6O2. The van der Waals surface area contributed by atoms with Crippen LogP contribution in [0.5, 0.6) is 0 Å². The molecule has 1 aromatic carbocycles. The summed E-state index contributed by atoms with van der Waals surface area (Å²) in [6.45, 7) is 0. The SMILES string of the molecule is O=C1[C]c2ccccc2C(=O)C1. The van der Waals surface area contributed by atoms with Crippen molar-refractivity contribution in [2.24, 2.45) is 0 Å². The van der Waals surface area contributed by atoms with Crippen LogP contribution in [0.15, 0.2) is 24.3 Å². The fourth-order valence-electron chi connectivity index (χ4n) is 1.27. The Labute approximate surface area is 70.2 Å². The maximum Gasteiger partial charge on any atom is 0.170 e. The minimum Gasteiger partial charge on any atom is -0.298 e. The Morgan fingerprint density at radius 1 is 1.17 bits per heavy atom. The Morgan fingerprint density at radius 2 is 1.92 bits per heavy atom. The van der Waals surface area contributed by atoms with E-state index >= 15 is 0 Å². The molecule has 2 heteroatoms. The van der Waals surface area contributed by atoms with Gasteiger partial charge in [-0.05, 0) is 5.56 Å². The van der Waals surface area contributed by atoms with Crippen molar-refractivity contribution in [2.75, 3.05) is 0 Å². The van der Waals surface area contributed by atoms with Crippen LogP contribution in [0.3, 0.4) is 0 Å². The summed E-state index contributed by atoms with van der Waals surface area (Å²) in [6.07, 6.45) is 2.60. The zero-order valence-electron chi connectivity index (χ0n) is 6.33. The first-order valence-corrected chi connectivity index (χ1v) is 3.69. The lowest BCUT2D eigenvalue weighted by atomic mass is 9.90. The summed E-state index contributed by atoms with van der Waals surface area (Å²) in [5.74, 6) is -0.326. The molecule has 0 aliphatic heterocycles. The van der Waals surface area contributed by atoms with E-state index in [2.05, 4.69) is 6.42 Å². The first-order chi connectivity index (χ1) is 5.77. The highest BCUT2D eigenvalue weighted by molar-refractivity contribution is 6.16. The number of Topliss-reactive ketones (excluding diaryl/α,β-unsaturated/α-hetero) is 2. The molecule has 0 fully saturated rings. The number of carbonyl (C=O) groups excluding carboxylic acids is 2. The molecule has 0 atom stereocenters. The standard InChI is InChI=1S/C10H6O2/c11-8-5-7-3-1-2-4-9(7)10(12)6-8/h1-4H,6H2. The van der Waals surface area contributed by atoms with Crippen LogP contribution in [0.25, 0.3) is 0 Å². The van der Waals surface area contributed by atoms with Crippen LogP contribution in [0.1, 0.15) is 22.3 Å². The van der Waals surface area contributed by atoms with Crippen molar-refractivity contribution < 1.29 is 9.59 Å². The topological polar surface area (TPSA) is 34.1 Å². The van der Waals surface area contributed by atoms with Gasteiger partial charge in [0.05, 0.1) is 12.8 Å². The van der Waals surface area contributed by atoms with Crippen LogP contribution >= 0.6 is 0 Å². The third-order valence-corrected chi connectivity index (χ3v) is 1.82. The van der Waals surface area contributed by atoms with Gasteiger partial charge in [-0.15, -0.1) is 0 Å². The molecule has 1 aliphatic rings. The van der Waals surface area contributed by atoms with Gasteiger partial charge >= 0.3 is 0 Å². The lowest BCUT2D eigenvalue weighted by molar-refractivity contribution is -0.115. The predicted octanol–water partition coefficient (Wildman–Crippen LogP) is 1.27. The fraction of sp³-hybridized carbons (Fsp3) is 0.100. The largest absolute Gasteiger partial charge is 0.298 e. The minimum absolute atomic E-state index is 0.0307. The van der Waals surface area contributed by atoms with Crippen LogP contribution < -0.4 is 0 Å². The first kappa shape index (κ1) is 7.22. The van der Waals surface area contributed by atoms with Gasteiger partial charge in [0.25, 0.3) is 0 Å². The van der Waals surface area contributed by atoms with E-state index < -0.39 is 0 Å². The van der Waals surface area contributed by atoms with E-state index in [9.17, 15) is 9.59 Å². The predicted molar refractivity (Wildman–Crippen MR) is 42.7 cm³/mol. The van der Waals surface area contributed by atoms with Crippen LogP contribution in [-0.2, 0) is 4.79 Å². The quantitative estimate of drug-likeness (QED) is 0.533. The summed E-state index contributed by atoms with van der Waals surface area (Å²) >= 11 is 0. The smallest absolute Gasteiger partial charge is 0.170 e. The molecule has 2 radical (unpaired) electrons. The summed E-state index contributed by atoms with van der Waals surface area (Å²) < 4.78 is 0. The summed E-state index contributed by atoms with van der Waals surface area (Å²) in [4.78, 5) is 22.1. The van der Waals surface area contributed by atoms with Gasteiger partial charge in [-0.3, -0.25) is 9.59 Å². The van der Waals surface area contributed by atoms with Gasteiger partial charge < -0.3 is 0 Å². The minimum atomic E-state index is -0.223. The molecule has 0 saturated heterocycles. The molecule has 1 aromatic rings. The molecule has 1 aliphatic carbocycles. The third-order valence-electron chi connectivity index (χ3n) is 1.82. The molecule has 0 spiro atoms. The highest BCUT2D eigenvalue weighted by Crippen LogP contribution is 2.19. The summed E-state index contributed by atoms with van der Waals surface area (Å²) in [5, 5.41) is 0. The lowest BCUT2D eigenvalue weighted by Crippen LogP contribution is -2.17. The lowest BCUT2D eigenvalue weighted by Gasteiger charge is -2.11. The average Bonchev–Trinajstić information content (AvgIpc) is 2.04. The van der Waals surface area contributed by atoms with Crippen LogP contribution in [-0.4, -0.2) is 11.6 Å². The zero-order valence-corrected chi connectivity index (χ0v) is 6.33. The number of carbonyl (C=O) groups is 2. The first-order valence-electron chi connectivity index (χ1n) is 3.69. The van der Waals surface area contributed by atoms with Crippen molar-refractivity contribution in [3.05, 3.63) is 41.8 Å². The molecular weight excluding hydrogens is 152 g/mol. The summed E-state index contributed by atoms with van der Waals surface area (Å²) in [6, 6.07) is 7.02. The zero-order chi connectivity index (χ0) is 8.55. The summed E-state index contributed by atoms with van der Waals surface area (Å²) in [5.41, 5.74) is 1.23. The Balaban J connectivity index is 2.54. The highest BCUT2D eigenvalue weighted by Gasteiger charge is 2.22. The molecule has 0 saturated carbocycles. The fourth-order valence-corrected chi connectivity index (χ4v) is 1.27. The Hall–Kier alpha value is -1.44. The molecule has 0 bridgehead atoms. The maximum absolute atomic E-state index is 11.2. The van der Waals surface area contributed by atoms with Gasteiger partial charge in [0.1, 0.15) is 0 Å². The van der Waals surface area contributed by atoms with Gasteiger partial charge in [-0.25, -0.2) is 0 Å². The van der Waals surface area contributed by atoms with Gasteiger partial charge in [-0.2, -0.15) is 0 Å². The average molecular weight is 158 g/mol.